The van der Waals surface area contributed by atoms with Gasteiger partial charge in [0.05, 0.1) is 39.2 Å². The van der Waals surface area contributed by atoms with Gasteiger partial charge in [-0.15, -0.1) is 0 Å². The number of methoxy groups -OCH3 is 2. The number of aromatic hydroxyl groups is 2. The number of rotatable bonds is 6. The Morgan fingerprint density at radius 3 is 1.82 bits per heavy atom. The van der Waals surface area contributed by atoms with Crippen LogP contribution in [0.5, 0.6) is 11.8 Å². The fourth-order valence-electron chi connectivity index (χ4n) is 5.89. The van der Waals surface area contributed by atoms with Crippen LogP contribution < -0.4 is 0 Å². The molecule has 4 aromatic rings. The summed E-state index contributed by atoms with van der Waals surface area (Å²) in [4.78, 5) is 80.9. The summed E-state index contributed by atoms with van der Waals surface area (Å²) in [6.07, 6.45) is 6.13. The van der Waals surface area contributed by atoms with Gasteiger partial charge in [-0.3, -0.25) is 33.6 Å². The molecule has 0 unspecified atom stereocenters. The van der Waals surface area contributed by atoms with E-state index < -0.39 is 41.1 Å². The molecule has 2 aromatic carbocycles. The van der Waals surface area contributed by atoms with Gasteiger partial charge in [0.2, 0.25) is 35.1 Å². The first kappa shape index (κ1) is 41.3. The average molecular weight is 790 g/mol. The van der Waals surface area contributed by atoms with Crippen LogP contribution in [0.4, 0.5) is 8.78 Å². The summed E-state index contributed by atoms with van der Waals surface area (Å²) in [7, 11) is 2.49. The first-order chi connectivity index (χ1) is 27.4. The van der Waals surface area contributed by atoms with Crippen LogP contribution in [0.25, 0.3) is 0 Å². The van der Waals surface area contributed by atoms with Crippen LogP contribution in [-0.4, -0.2) is 98.6 Å². The maximum Gasteiger partial charge on any atom is 0.357 e. The van der Waals surface area contributed by atoms with Crippen molar-refractivity contribution in [3.05, 3.63) is 111 Å². The standard InChI is InChI=1S/C16H10FN3O4.C11H10FNO2.C8H9NO4.C4H8O/c17-8-3-1-7(2-4-8)5-20-15(23)9-10(16(20)24)14(22)12-11(13(9)21)18-6-19-12;12-9-3-1-8(2-4-9)7-13-10(14)5-6-11(13)15;1-12-7(10)5-3-4-9-6(5)8(11)13-2;1-2-4-5-3-1/h1-4,6,23-24H,5H2,(H,18,19);1-4H,5-7H2;4H,3H2,1-2H3;1-4H2. The number of ether oxygens (including phenoxy) is 3. The van der Waals surface area contributed by atoms with Crippen molar-refractivity contribution in [1.82, 2.24) is 19.4 Å². The SMILES string of the molecule is C1CCOC1.COC(=O)C1=C(C(=O)OC)N=CC1.O=C1CCC(=O)N1Cc1ccc(F)cc1.O=C1c2nc[nH]c2C(=O)c2c1c(O)n(Cc1ccc(F)cc1)c2O. The van der Waals surface area contributed by atoms with E-state index in [1.807, 2.05) is 0 Å². The Balaban J connectivity index is 0.000000162. The minimum atomic E-state index is -0.647. The number of carbonyl (C=O) groups excluding carboxylic acids is 6. The van der Waals surface area contributed by atoms with Gasteiger partial charge in [-0.05, 0) is 48.2 Å². The van der Waals surface area contributed by atoms with Crippen LogP contribution in [0.3, 0.4) is 0 Å². The van der Waals surface area contributed by atoms with Crippen molar-refractivity contribution < 1.29 is 62.0 Å². The summed E-state index contributed by atoms with van der Waals surface area (Å²) < 4.78 is 40.5. The van der Waals surface area contributed by atoms with E-state index in [2.05, 4.69) is 24.4 Å². The second-order valence-corrected chi connectivity index (χ2v) is 12.5. The monoisotopic (exact) mass is 789 g/mol. The molecule has 0 atom stereocenters. The van der Waals surface area contributed by atoms with Gasteiger partial charge in [-0.25, -0.2) is 23.4 Å². The lowest BCUT2D eigenvalue weighted by Gasteiger charge is -2.13. The number of aromatic nitrogens is 3. The van der Waals surface area contributed by atoms with Crippen LogP contribution in [-0.2, 0) is 46.5 Å². The Kier molecular flexibility index (Phi) is 13.5. The third-order valence-corrected chi connectivity index (χ3v) is 8.85. The Labute approximate surface area is 323 Å². The maximum atomic E-state index is 13.0. The zero-order valence-corrected chi connectivity index (χ0v) is 30.8. The lowest BCUT2D eigenvalue weighted by Crippen LogP contribution is -2.28. The predicted molar refractivity (Wildman–Crippen MR) is 194 cm³/mol. The van der Waals surface area contributed by atoms with Crippen LogP contribution in [0.15, 0.2) is 71.1 Å². The minimum Gasteiger partial charge on any atom is -0.494 e. The second-order valence-electron chi connectivity index (χ2n) is 12.5. The summed E-state index contributed by atoms with van der Waals surface area (Å²) in [5, 5.41) is 20.7. The number of aromatic amines is 1. The summed E-state index contributed by atoms with van der Waals surface area (Å²) in [6, 6.07) is 11.2. The van der Waals surface area contributed by atoms with E-state index in [1.165, 1.54) is 80.9 Å². The zero-order chi connectivity index (χ0) is 41.2. The molecule has 18 heteroatoms. The van der Waals surface area contributed by atoms with E-state index >= 15 is 0 Å². The third kappa shape index (κ3) is 9.53. The van der Waals surface area contributed by atoms with Crippen LogP contribution in [0, 0.1) is 11.6 Å². The molecule has 0 bridgehead atoms. The van der Waals surface area contributed by atoms with Crippen molar-refractivity contribution in [1.29, 1.82) is 0 Å². The molecule has 0 saturated carbocycles. The largest absolute Gasteiger partial charge is 0.494 e. The highest BCUT2D eigenvalue weighted by molar-refractivity contribution is 6.29. The van der Waals surface area contributed by atoms with Gasteiger partial charge in [-0.1, -0.05) is 24.3 Å². The Hall–Kier alpha value is -6.82. The molecule has 0 spiro atoms. The molecule has 4 aliphatic rings. The van der Waals surface area contributed by atoms with E-state index in [4.69, 9.17) is 4.74 Å². The smallest absolute Gasteiger partial charge is 0.357 e. The molecule has 5 heterocycles. The fourth-order valence-corrected chi connectivity index (χ4v) is 5.89. The number of likely N-dealkylation sites (tertiary alicyclic amines) is 1. The zero-order valence-electron chi connectivity index (χ0n) is 30.8. The number of fused-ring (bicyclic) bond motifs is 2. The number of imidazole rings is 1. The highest BCUT2D eigenvalue weighted by Crippen LogP contribution is 2.40. The van der Waals surface area contributed by atoms with E-state index in [-0.39, 0.29) is 64.5 Å². The van der Waals surface area contributed by atoms with Crippen molar-refractivity contribution in [2.45, 2.75) is 45.2 Å². The molecular weight excluding hydrogens is 752 g/mol. The molecule has 298 valence electrons. The average Bonchev–Trinajstić information content (AvgIpc) is 4.08. The molecular formula is C39H37F2N5O11. The maximum absolute atomic E-state index is 13.0. The molecule has 3 N–H and O–H groups in total. The number of esters is 2. The summed E-state index contributed by atoms with van der Waals surface area (Å²) in [5.74, 6) is -4.52. The third-order valence-electron chi connectivity index (χ3n) is 8.85. The molecule has 2 amide bonds. The minimum absolute atomic E-state index is 0.0262. The van der Waals surface area contributed by atoms with Gasteiger partial charge in [0, 0.05) is 38.7 Å². The molecule has 57 heavy (non-hydrogen) atoms. The number of nitrogens with zero attached hydrogens (tertiary/aromatic N) is 4. The molecule has 1 aliphatic carbocycles. The summed E-state index contributed by atoms with van der Waals surface area (Å²) in [5.41, 5.74) is 0.952. The van der Waals surface area contributed by atoms with E-state index in [9.17, 15) is 47.8 Å². The van der Waals surface area contributed by atoms with Crippen LogP contribution >= 0.6 is 0 Å². The topological polar surface area (TPSA) is 220 Å². The Morgan fingerprint density at radius 1 is 0.789 bits per heavy atom. The van der Waals surface area contributed by atoms with Gasteiger partial charge in [-0.2, -0.15) is 0 Å². The van der Waals surface area contributed by atoms with E-state index in [0.29, 0.717) is 24.8 Å². The number of hydrogen-bond donors (Lipinski definition) is 3. The molecule has 2 fully saturated rings. The fraction of sp³-hybridized carbons (Fsp3) is 0.282. The number of nitrogens with one attached hydrogen (secondary N) is 1. The molecule has 16 nitrogen and oxygen atoms in total. The first-order valence-electron chi connectivity index (χ1n) is 17.4. The summed E-state index contributed by atoms with van der Waals surface area (Å²) in [6.45, 7) is 2.21. The lowest BCUT2D eigenvalue weighted by atomic mass is 9.93. The van der Waals surface area contributed by atoms with Crippen molar-refractivity contribution in [3.63, 3.8) is 0 Å². The normalized spacial score (nSPS) is 15.2. The van der Waals surface area contributed by atoms with Gasteiger partial charge in [0.15, 0.2) is 5.70 Å². The van der Waals surface area contributed by atoms with Crippen LogP contribution in [0.2, 0.25) is 0 Å². The van der Waals surface area contributed by atoms with Crippen molar-refractivity contribution in [2.75, 3.05) is 27.4 Å². The van der Waals surface area contributed by atoms with Gasteiger partial charge < -0.3 is 29.4 Å². The molecule has 8 rings (SSSR count). The van der Waals surface area contributed by atoms with Crippen molar-refractivity contribution in [2.24, 2.45) is 4.99 Å². The number of carbonyl (C=O) groups is 6. The number of ketones is 2. The number of imide groups is 1. The number of halogens is 2. The predicted octanol–water partition coefficient (Wildman–Crippen LogP) is 3.92. The number of aliphatic imine (C=N–C) groups is 1. The van der Waals surface area contributed by atoms with Gasteiger partial charge in [0.25, 0.3) is 0 Å². The quantitative estimate of drug-likeness (QED) is 0.165. The van der Waals surface area contributed by atoms with E-state index in [0.717, 1.165) is 23.3 Å². The first-order valence-corrected chi connectivity index (χ1v) is 17.4. The number of H-pyrrole nitrogens is 1. The summed E-state index contributed by atoms with van der Waals surface area (Å²) >= 11 is 0. The Bertz CT molecular complexity index is 2160. The van der Waals surface area contributed by atoms with Crippen molar-refractivity contribution >= 4 is 41.5 Å². The number of benzene rings is 2. The number of hydrogen-bond acceptors (Lipinski definition) is 13. The van der Waals surface area contributed by atoms with Crippen molar-refractivity contribution in [3.8, 4) is 11.8 Å². The highest BCUT2D eigenvalue weighted by Gasteiger charge is 2.40. The van der Waals surface area contributed by atoms with Gasteiger partial charge >= 0.3 is 11.9 Å². The van der Waals surface area contributed by atoms with Gasteiger partial charge in [0.1, 0.15) is 34.1 Å². The molecule has 0 radical (unpaired) electrons. The van der Waals surface area contributed by atoms with Crippen LogP contribution in [0.1, 0.15) is 75.3 Å². The molecule has 3 aliphatic heterocycles. The molecule has 2 aromatic heterocycles. The lowest BCUT2D eigenvalue weighted by molar-refractivity contribution is -0.139. The number of amides is 2. The Morgan fingerprint density at radius 2 is 1.32 bits per heavy atom. The molecule has 2 saturated heterocycles. The second kappa shape index (κ2) is 18.7. The van der Waals surface area contributed by atoms with E-state index in [1.54, 1.807) is 12.1 Å². The highest BCUT2D eigenvalue weighted by atomic mass is 19.1.